The third-order valence-electron chi connectivity index (χ3n) is 5.49. The molecule has 0 aliphatic heterocycles. The number of alkyl halides is 3. The summed E-state index contributed by atoms with van der Waals surface area (Å²) in [6, 6.07) is 8.47. The molecule has 0 spiro atoms. The van der Waals surface area contributed by atoms with Crippen molar-refractivity contribution < 1.29 is 48.7 Å². The minimum absolute atomic E-state index is 0.0486. The maximum Gasteiger partial charge on any atom is 0.490 e. The Morgan fingerprint density at radius 2 is 1.80 bits per heavy atom. The van der Waals surface area contributed by atoms with Gasteiger partial charge in [-0.05, 0) is 42.8 Å². The number of benzene rings is 1. The smallest absolute Gasteiger partial charge is 0.475 e. The largest absolute Gasteiger partial charge is 0.490 e. The van der Waals surface area contributed by atoms with E-state index in [2.05, 4.69) is 20.0 Å². The van der Waals surface area contributed by atoms with Crippen LogP contribution in [0.4, 0.5) is 29.2 Å². The molecule has 4 rings (SSSR count). The van der Waals surface area contributed by atoms with Crippen LogP contribution in [0.2, 0.25) is 0 Å². The molecule has 244 valence electrons. The van der Waals surface area contributed by atoms with Crippen molar-refractivity contribution in [3.8, 4) is 21.8 Å². The summed E-state index contributed by atoms with van der Waals surface area (Å²) in [7, 11) is -7.19. The lowest BCUT2D eigenvalue weighted by Crippen LogP contribution is -2.21. The molecule has 0 fully saturated rings. The average Bonchev–Trinajstić information content (AvgIpc) is 3.64. The Kier molecular flexibility index (Phi) is 11.3. The Labute approximate surface area is 259 Å². The maximum absolute atomic E-state index is 14.6. The second-order valence-electron chi connectivity index (χ2n) is 9.60. The SMILES string of the molecule is CC(C)c1nc(-c2ccc(F)c(NS(=O)(=O)c3ccco3)c2)c(-c2ccnc(NCCCS(C)(=O)=O)n2)s1.O=C(O)C(F)(F)F. The number of aromatic nitrogens is 3. The summed E-state index contributed by atoms with van der Waals surface area (Å²) in [6.07, 6.45) is -0.702. The maximum atomic E-state index is 14.6. The number of sulfonamides is 1. The first-order chi connectivity index (χ1) is 20.9. The van der Waals surface area contributed by atoms with Gasteiger partial charge in [-0.2, -0.15) is 21.6 Å². The van der Waals surface area contributed by atoms with E-state index in [0.717, 1.165) is 5.01 Å². The van der Waals surface area contributed by atoms with Gasteiger partial charge in [-0.3, -0.25) is 4.72 Å². The molecule has 4 aromatic rings. The average molecular weight is 694 g/mol. The number of carboxylic acid groups (broad SMARTS) is 1. The zero-order chi connectivity index (χ0) is 33.6. The molecule has 0 aliphatic carbocycles. The van der Waals surface area contributed by atoms with Gasteiger partial charge >= 0.3 is 12.1 Å². The molecule has 0 radical (unpaired) electrons. The van der Waals surface area contributed by atoms with Crippen molar-refractivity contribution in [1.82, 2.24) is 15.0 Å². The minimum Gasteiger partial charge on any atom is -0.475 e. The molecule has 0 saturated heterocycles. The third-order valence-corrected chi connectivity index (χ3v) is 9.15. The molecule has 3 aromatic heterocycles. The zero-order valence-electron chi connectivity index (χ0n) is 23.8. The molecule has 0 atom stereocenters. The summed E-state index contributed by atoms with van der Waals surface area (Å²) >= 11 is 1.42. The summed E-state index contributed by atoms with van der Waals surface area (Å²) in [5.74, 6) is -3.04. The third kappa shape index (κ3) is 10.2. The van der Waals surface area contributed by atoms with Crippen LogP contribution in [0.25, 0.3) is 21.8 Å². The Balaban J connectivity index is 0.000000707. The van der Waals surface area contributed by atoms with Crippen LogP contribution in [-0.4, -0.2) is 67.6 Å². The highest BCUT2D eigenvalue weighted by atomic mass is 32.2. The van der Waals surface area contributed by atoms with Crippen molar-refractivity contribution in [2.24, 2.45) is 0 Å². The Hall–Kier alpha value is -4.10. The fraction of sp³-hybridized carbons (Fsp3) is 0.308. The van der Waals surface area contributed by atoms with Gasteiger partial charge in [-0.25, -0.2) is 32.6 Å². The molecule has 12 nitrogen and oxygen atoms in total. The molecular weight excluding hydrogens is 667 g/mol. The fourth-order valence-electron chi connectivity index (χ4n) is 3.42. The Morgan fingerprint density at radius 1 is 1.11 bits per heavy atom. The molecule has 45 heavy (non-hydrogen) atoms. The number of rotatable bonds is 11. The highest BCUT2D eigenvalue weighted by molar-refractivity contribution is 7.92. The topological polar surface area (TPSA) is 181 Å². The van der Waals surface area contributed by atoms with Crippen molar-refractivity contribution in [1.29, 1.82) is 0 Å². The van der Waals surface area contributed by atoms with Gasteiger partial charge in [0.1, 0.15) is 15.7 Å². The van der Waals surface area contributed by atoms with Gasteiger partial charge in [0.05, 0.1) is 39.0 Å². The highest BCUT2D eigenvalue weighted by Crippen LogP contribution is 2.39. The summed E-state index contributed by atoms with van der Waals surface area (Å²) < 4.78 is 102. The van der Waals surface area contributed by atoms with Crippen molar-refractivity contribution in [3.05, 3.63) is 59.7 Å². The number of thiazole rings is 1. The number of anilines is 2. The van der Waals surface area contributed by atoms with Gasteiger partial charge < -0.3 is 14.8 Å². The van der Waals surface area contributed by atoms with Crippen molar-refractivity contribution in [2.45, 2.75) is 37.5 Å². The zero-order valence-corrected chi connectivity index (χ0v) is 26.2. The first kappa shape index (κ1) is 35.4. The van der Waals surface area contributed by atoms with E-state index < -0.39 is 37.8 Å². The fourth-order valence-corrected chi connectivity index (χ4v) is 6.14. The first-order valence-electron chi connectivity index (χ1n) is 12.8. The van der Waals surface area contributed by atoms with Crippen LogP contribution in [0, 0.1) is 5.82 Å². The monoisotopic (exact) mass is 693 g/mol. The predicted molar refractivity (Wildman–Crippen MR) is 159 cm³/mol. The van der Waals surface area contributed by atoms with Gasteiger partial charge in [-0.1, -0.05) is 13.8 Å². The molecule has 3 N–H and O–H groups in total. The van der Waals surface area contributed by atoms with Crippen LogP contribution in [0.1, 0.15) is 31.2 Å². The van der Waals surface area contributed by atoms with Crippen molar-refractivity contribution in [2.75, 3.05) is 28.6 Å². The quantitative estimate of drug-likeness (QED) is 0.135. The molecule has 0 amide bonds. The number of sulfone groups is 1. The number of hydrogen-bond donors (Lipinski definition) is 3. The number of carboxylic acids is 1. The Morgan fingerprint density at radius 3 is 2.38 bits per heavy atom. The number of carbonyl (C=O) groups is 1. The molecule has 19 heteroatoms. The van der Waals surface area contributed by atoms with Crippen LogP contribution in [-0.2, 0) is 24.7 Å². The molecule has 0 unspecified atom stereocenters. The Bertz CT molecular complexity index is 1840. The van der Waals surface area contributed by atoms with Crippen LogP contribution in [0.5, 0.6) is 0 Å². The molecule has 0 aliphatic rings. The highest BCUT2D eigenvalue weighted by Gasteiger charge is 2.38. The molecule has 0 bridgehead atoms. The number of nitrogens with zero attached hydrogens (tertiary/aromatic N) is 3. The summed E-state index contributed by atoms with van der Waals surface area (Å²) in [4.78, 5) is 23.1. The first-order valence-corrected chi connectivity index (χ1v) is 17.2. The second kappa shape index (κ2) is 14.3. The van der Waals surface area contributed by atoms with Gasteiger partial charge in [-0.15, -0.1) is 11.3 Å². The van der Waals surface area contributed by atoms with E-state index >= 15 is 0 Å². The lowest BCUT2D eigenvalue weighted by atomic mass is 10.1. The number of halogens is 4. The van der Waals surface area contributed by atoms with E-state index in [1.165, 1.54) is 54.2 Å². The minimum atomic E-state index is -5.08. The standard InChI is InChI=1S/C24H26FN5O5S3.C2HF3O2/c1-15(2)23-29-21(16-7-8-17(25)19(14-16)30-38(33,34)20-6-4-12-35-20)22(36-23)18-9-11-27-24(28-18)26-10-5-13-37(3,31)32;3-2(4,5)1(6)7/h4,6-9,11-12,14-15,30H,5,10,13H2,1-3H3,(H,26,27,28);(H,6,7). The van der Waals surface area contributed by atoms with Gasteiger partial charge in [0, 0.05) is 30.5 Å². The van der Waals surface area contributed by atoms with Crippen LogP contribution in [0.15, 0.2) is 58.4 Å². The lowest BCUT2D eigenvalue weighted by Gasteiger charge is -2.10. The molecule has 3 heterocycles. The van der Waals surface area contributed by atoms with Crippen LogP contribution < -0.4 is 10.0 Å². The normalized spacial score (nSPS) is 12.0. The van der Waals surface area contributed by atoms with Crippen molar-refractivity contribution in [3.63, 3.8) is 0 Å². The van der Waals surface area contributed by atoms with Gasteiger partial charge in [0.15, 0.2) is 0 Å². The molecule has 1 aromatic carbocycles. The molecular formula is C26H27F4N5O7S3. The number of hydrogen-bond acceptors (Lipinski definition) is 11. The van der Waals surface area contributed by atoms with Gasteiger partial charge in [0.25, 0.3) is 10.0 Å². The van der Waals surface area contributed by atoms with Gasteiger partial charge in [0.2, 0.25) is 11.0 Å². The second-order valence-corrected chi connectivity index (χ2v) is 14.5. The van der Waals surface area contributed by atoms with E-state index in [-0.39, 0.29) is 22.5 Å². The van der Waals surface area contributed by atoms with E-state index in [9.17, 15) is 34.4 Å². The number of aliphatic carboxylic acids is 1. The van der Waals surface area contributed by atoms with E-state index in [4.69, 9.17) is 19.3 Å². The lowest BCUT2D eigenvalue weighted by molar-refractivity contribution is -0.192. The summed E-state index contributed by atoms with van der Waals surface area (Å²) in [5, 5.41) is 10.6. The van der Waals surface area contributed by atoms with Crippen LogP contribution in [0.3, 0.4) is 0 Å². The number of furan rings is 1. The summed E-state index contributed by atoms with van der Waals surface area (Å²) in [5.41, 5.74) is 1.31. The summed E-state index contributed by atoms with van der Waals surface area (Å²) in [6.45, 7) is 4.36. The van der Waals surface area contributed by atoms with E-state index in [1.807, 2.05) is 13.8 Å². The predicted octanol–water partition coefficient (Wildman–Crippen LogP) is 5.40. The molecule has 0 saturated carbocycles. The number of nitrogens with one attached hydrogen (secondary N) is 2. The van der Waals surface area contributed by atoms with Crippen LogP contribution >= 0.6 is 11.3 Å². The van der Waals surface area contributed by atoms with Crippen molar-refractivity contribution >= 4 is 48.8 Å². The van der Waals surface area contributed by atoms with E-state index in [0.29, 0.717) is 40.7 Å². The van der Waals surface area contributed by atoms with E-state index in [1.54, 1.807) is 12.3 Å².